The largest absolute Gasteiger partial charge is 0.389 e. The third-order valence-electron chi connectivity index (χ3n) is 2.40. The van der Waals surface area contributed by atoms with Crippen LogP contribution in [0.5, 0.6) is 0 Å². The van der Waals surface area contributed by atoms with Crippen LogP contribution in [0.1, 0.15) is 18.6 Å². The lowest BCUT2D eigenvalue weighted by atomic mass is 10.0. The lowest BCUT2D eigenvalue weighted by Gasteiger charge is -2.17. The summed E-state index contributed by atoms with van der Waals surface area (Å²) in [4.78, 5) is 20.0. The van der Waals surface area contributed by atoms with Crippen LogP contribution in [-0.2, 0) is 4.79 Å². The maximum absolute atomic E-state index is 13.6. The number of aliphatic hydroxyl groups is 2. The summed E-state index contributed by atoms with van der Waals surface area (Å²) in [6.07, 6.45) is -3.31. The van der Waals surface area contributed by atoms with Crippen LogP contribution in [0.4, 0.5) is 14.5 Å². The first-order valence-electron chi connectivity index (χ1n) is 5.36. The van der Waals surface area contributed by atoms with Crippen molar-refractivity contribution in [3.05, 3.63) is 39.4 Å². The van der Waals surface area contributed by atoms with Crippen LogP contribution in [0.15, 0.2) is 12.1 Å². The highest BCUT2D eigenvalue weighted by molar-refractivity contribution is 8.13. The second-order valence-corrected chi connectivity index (χ2v) is 5.09. The van der Waals surface area contributed by atoms with Gasteiger partial charge in [-0.15, -0.1) is 0 Å². The lowest BCUT2D eigenvalue weighted by molar-refractivity contribution is -0.387. The SMILES string of the molecule is CC(=O)SCC(O)C(O)c1cc(F)c([N+](=O)[O-])cc1F. The summed E-state index contributed by atoms with van der Waals surface area (Å²) in [6.45, 7) is 1.25. The number of hydrogen-bond donors (Lipinski definition) is 2. The molecule has 1 aromatic rings. The van der Waals surface area contributed by atoms with Gasteiger partial charge in [0.05, 0.1) is 17.1 Å². The lowest BCUT2D eigenvalue weighted by Crippen LogP contribution is -2.22. The molecule has 0 aliphatic heterocycles. The van der Waals surface area contributed by atoms with Gasteiger partial charge in [0.25, 0.3) is 0 Å². The van der Waals surface area contributed by atoms with Gasteiger partial charge in [-0.1, -0.05) is 11.8 Å². The third kappa shape index (κ3) is 3.95. The van der Waals surface area contributed by atoms with E-state index in [1.165, 1.54) is 6.92 Å². The van der Waals surface area contributed by atoms with Crippen molar-refractivity contribution in [3.8, 4) is 0 Å². The van der Waals surface area contributed by atoms with Gasteiger partial charge in [0, 0.05) is 18.2 Å². The Morgan fingerprint density at radius 3 is 2.50 bits per heavy atom. The van der Waals surface area contributed by atoms with Crippen molar-refractivity contribution in [3.63, 3.8) is 0 Å². The molecule has 20 heavy (non-hydrogen) atoms. The highest BCUT2D eigenvalue weighted by Crippen LogP contribution is 2.28. The van der Waals surface area contributed by atoms with E-state index in [1.54, 1.807) is 0 Å². The van der Waals surface area contributed by atoms with Gasteiger partial charge >= 0.3 is 5.69 Å². The van der Waals surface area contributed by atoms with Crippen molar-refractivity contribution in [2.24, 2.45) is 0 Å². The standard InChI is InChI=1S/C11H11F2NO5S/c1-5(15)20-4-10(16)11(17)6-2-8(13)9(14(18)19)3-7(6)12/h2-3,10-11,16-17H,4H2,1H3. The molecule has 0 radical (unpaired) electrons. The van der Waals surface area contributed by atoms with Crippen LogP contribution in [0.2, 0.25) is 0 Å². The van der Waals surface area contributed by atoms with E-state index in [9.17, 15) is 33.9 Å². The summed E-state index contributed by atoms with van der Waals surface area (Å²) in [7, 11) is 0. The summed E-state index contributed by atoms with van der Waals surface area (Å²) < 4.78 is 26.9. The summed E-state index contributed by atoms with van der Waals surface area (Å²) in [6, 6.07) is 0.790. The molecule has 0 saturated heterocycles. The normalized spacial score (nSPS) is 13.8. The molecule has 0 saturated carbocycles. The first-order chi connectivity index (χ1) is 9.23. The number of nitrogens with zero attached hydrogens (tertiary/aromatic N) is 1. The van der Waals surface area contributed by atoms with Gasteiger partial charge in [-0.3, -0.25) is 14.9 Å². The predicted molar refractivity (Wildman–Crippen MR) is 67.1 cm³/mol. The number of carbonyl (C=O) groups excluding carboxylic acids is 1. The molecule has 0 heterocycles. The molecule has 2 unspecified atom stereocenters. The highest BCUT2D eigenvalue weighted by Gasteiger charge is 2.26. The highest BCUT2D eigenvalue weighted by atomic mass is 32.2. The smallest absolute Gasteiger partial charge is 0.307 e. The fourth-order valence-corrected chi connectivity index (χ4v) is 2.01. The van der Waals surface area contributed by atoms with Crippen molar-refractivity contribution < 1.29 is 28.7 Å². The molecule has 0 aromatic heterocycles. The molecule has 0 amide bonds. The zero-order valence-corrected chi connectivity index (χ0v) is 11.1. The topological polar surface area (TPSA) is 101 Å². The minimum Gasteiger partial charge on any atom is -0.389 e. The van der Waals surface area contributed by atoms with E-state index in [2.05, 4.69) is 0 Å². The van der Waals surface area contributed by atoms with E-state index in [-0.39, 0.29) is 10.9 Å². The zero-order valence-electron chi connectivity index (χ0n) is 10.2. The number of aliphatic hydroxyl groups excluding tert-OH is 2. The molecule has 0 aliphatic carbocycles. The van der Waals surface area contributed by atoms with Gasteiger partial charge in [-0.2, -0.15) is 4.39 Å². The maximum Gasteiger partial charge on any atom is 0.307 e. The summed E-state index contributed by atoms with van der Waals surface area (Å²) in [5, 5.41) is 29.4. The number of nitro groups is 1. The van der Waals surface area contributed by atoms with Gasteiger partial charge in [-0.05, 0) is 6.07 Å². The quantitative estimate of drug-likeness (QED) is 0.632. The molecule has 0 fully saturated rings. The molecule has 1 rings (SSSR count). The van der Waals surface area contributed by atoms with E-state index in [0.717, 1.165) is 0 Å². The van der Waals surface area contributed by atoms with Crippen molar-refractivity contribution >= 4 is 22.6 Å². The number of benzene rings is 1. The van der Waals surface area contributed by atoms with Gasteiger partial charge in [0.2, 0.25) is 5.82 Å². The number of rotatable bonds is 5. The Hall–Kier alpha value is -1.58. The van der Waals surface area contributed by atoms with Crippen molar-refractivity contribution in [1.29, 1.82) is 0 Å². The Bertz CT molecular complexity index is 540. The van der Waals surface area contributed by atoms with Crippen molar-refractivity contribution in [1.82, 2.24) is 0 Å². The fraction of sp³-hybridized carbons (Fsp3) is 0.364. The van der Waals surface area contributed by atoms with Crippen LogP contribution in [0, 0.1) is 21.7 Å². The number of halogens is 2. The number of nitro benzene ring substituents is 1. The Morgan fingerprint density at radius 2 is 2.00 bits per heavy atom. The third-order valence-corrected chi connectivity index (χ3v) is 3.32. The molecule has 6 nitrogen and oxygen atoms in total. The van der Waals surface area contributed by atoms with Crippen LogP contribution in [0.25, 0.3) is 0 Å². The van der Waals surface area contributed by atoms with Gasteiger partial charge in [0.1, 0.15) is 11.9 Å². The molecule has 0 aliphatic rings. The molecular formula is C11H11F2NO5S. The minimum absolute atomic E-state index is 0.214. The Kier molecular flexibility index (Phi) is 5.54. The first-order valence-corrected chi connectivity index (χ1v) is 6.35. The molecule has 9 heteroatoms. The fourth-order valence-electron chi connectivity index (χ4n) is 1.42. The summed E-state index contributed by atoms with van der Waals surface area (Å²) >= 11 is 0.707. The molecule has 1 aromatic carbocycles. The molecular weight excluding hydrogens is 296 g/mol. The van der Waals surface area contributed by atoms with E-state index in [1.807, 2.05) is 0 Å². The Balaban J connectivity index is 2.98. The van der Waals surface area contributed by atoms with Crippen molar-refractivity contribution in [2.75, 3.05) is 5.75 Å². The van der Waals surface area contributed by atoms with E-state index >= 15 is 0 Å². The minimum atomic E-state index is -1.79. The summed E-state index contributed by atoms with van der Waals surface area (Å²) in [5.41, 5.74) is -1.67. The van der Waals surface area contributed by atoms with Crippen LogP contribution < -0.4 is 0 Å². The van der Waals surface area contributed by atoms with Gasteiger partial charge < -0.3 is 10.2 Å². The Labute approximate surface area is 116 Å². The van der Waals surface area contributed by atoms with Crippen LogP contribution in [0.3, 0.4) is 0 Å². The molecule has 0 spiro atoms. The van der Waals surface area contributed by atoms with E-state index < -0.39 is 40.0 Å². The average molecular weight is 307 g/mol. The van der Waals surface area contributed by atoms with E-state index in [4.69, 9.17) is 0 Å². The number of carbonyl (C=O) groups is 1. The van der Waals surface area contributed by atoms with Crippen molar-refractivity contribution in [2.45, 2.75) is 19.1 Å². The molecule has 110 valence electrons. The van der Waals surface area contributed by atoms with E-state index in [0.29, 0.717) is 23.9 Å². The molecule has 2 N–H and O–H groups in total. The Morgan fingerprint density at radius 1 is 1.40 bits per heavy atom. The van der Waals surface area contributed by atoms with Crippen LogP contribution >= 0.6 is 11.8 Å². The van der Waals surface area contributed by atoms with Crippen LogP contribution in [-0.4, -0.2) is 32.1 Å². The molecule has 0 bridgehead atoms. The van der Waals surface area contributed by atoms with Gasteiger partial charge in [-0.25, -0.2) is 4.39 Å². The predicted octanol–water partition coefficient (Wildman–Crippen LogP) is 1.55. The maximum atomic E-state index is 13.6. The van der Waals surface area contributed by atoms with Gasteiger partial charge in [0.15, 0.2) is 5.12 Å². The number of hydrogen-bond acceptors (Lipinski definition) is 6. The first kappa shape index (κ1) is 16.5. The second-order valence-electron chi connectivity index (χ2n) is 3.90. The molecule has 2 atom stereocenters. The summed E-state index contributed by atoms with van der Waals surface area (Å²) in [5.74, 6) is -2.75. The zero-order chi connectivity index (χ0) is 15.4. The average Bonchev–Trinajstić information content (AvgIpc) is 2.36. The monoisotopic (exact) mass is 307 g/mol. The number of thioether (sulfide) groups is 1. The second kappa shape index (κ2) is 6.73.